The highest BCUT2D eigenvalue weighted by atomic mass is 35.5. The Morgan fingerprint density at radius 3 is 2.83 bits per heavy atom. The predicted molar refractivity (Wildman–Crippen MR) is 75.8 cm³/mol. The van der Waals surface area contributed by atoms with Crippen LogP contribution in [0.25, 0.3) is 0 Å². The van der Waals surface area contributed by atoms with E-state index >= 15 is 0 Å². The maximum Gasteiger partial charge on any atom is 0.272 e. The minimum atomic E-state index is -0.371. The van der Waals surface area contributed by atoms with Crippen molar-refractivity contribution in [3.63, 3.8) is 0 Å². The lowest BCUT2D eigenvalue weighted by Gasteiger charge is -2.02. The molecule has 0 atom stereocenters. The first-order valence-electron chi connectivity index (χ1n) is 4.99. The van der Waals surface area contributed by atoms with Gasteiger partial charge in [0.2, 0.25) is 0 Å². The molecule has 2 aromatic rings. The minimum Gasteiger partial charge on any atom is -0.267 e. The van der Waals surface area contributed by atoms with Gasteiger partial charge in [0.15, 0.2) is 0 Å². The molecule has 6 heteroatoms. The minimum absolute atomic E-state index is 0.298. The van der Waals surface area contributed by atoms with E-state index in [1.807, 2.05) is 17.5 Å². The van der Waals surface area contributed by atoms with E-state index in [1.165, 1.54) is 17.4 Å². The van der Waals surface area contributed by atoms with Crippen molar-refractivity contribution in [2.75, 3.05) is 0 Å². The Labute approximate surface area is 118 Å². The van der Waals surface area contributed by atoms with Crippen molar-refractivity contribution in [1.29, 1.82) is 0 Å². The number of amides is 1. The summed E-state index contributed by atoms with van der Waals surface area (Å²) in [7, 11) is 0. The van der Waals surface area contributed by atoms with Crippen LogP contribution in [0.3, 0.4) is 0 Å². The van der Waals surface area contributed by atoms with Gasteiger partial charge in [-0.1, -0.05) is 29.3 Å². The number of hydrogen-bond donors (Lipinski definition) is 1. The zero-order valence-electron chi connectivity index (χ0n) is 9.06. The highest BCUT2D eigenvalue weighted by Gasteiger charge is 2.09. The third-order valence-corrected chi connectivity index (χ3v) is 3.43. The summed E-state index contributed by atoms with van der Waals surface area (Å²) in [5.41, 5.74) is 2.74. The summed E-state index contributed by atoms with van der Waals surface area (Å²) >= 11 is 13.2. The molecule has 0 aliphatic rings. The topological polar surface area (TPSA) is 41.5 Å². The number of carbonyl (C=O) groups is 1. The summed E-state index contributed by atoms with van der Waals surface area (Å²) < 4.78 is 0. The maximum atomic E-state index is 11.8. The third kappa shape index (κ3) is 3.32. The van der Waals surface area contributed by atoms with Gasteiger partial charge < -0.3 is 0 Å². The van der Waals surface area contributed by atoms with E-state index in [9.17, 15) is 4.79 Å². The molecule has 1 aromatic heterocycles. The summed E-state index contributed by atoms with van der Waals surface area (Å²) in [5, 5.41) is 6.56. The van der Waals surface area contributed by atoms with Gasteiger partial charge in [-0.25, -0.2) is 5.43 Å². The quantitative estimate of drug-likeness (QED) is 0.679. The molecule has 1 aromatic carbocycles. The highest BCUT2D eigenvalue weighted by Crippen LogP contribution is 2.20. The molecule has 1 amide bonds. The lowest BCUT2D eigenvalue weighted by molar-refractivity contribution is 0.0955. The van der Waals surface area contributed by atoms with Crippen molar-refractivity contribution < 1.29 is 4.79 Å². The SMILES string of the molecule is O=C(N/N=C/c1cccs1)c1ccc(Cl)cc1Cl. The average molecular weight is 299 g/mol. The van der Waals surface area contributed by atoms with Crippen LogP contribution in [0.15, 0.2) is 40.8 Å². The van der Waals surface area contributed by atoms with Crippen molar-refractivity contribution in [2.24, 2.45) is 5.10 Å². The smallest absolute Gasteiger partial charge is 0.267 e. The largest absolute Gasteiger partial charge is 0.272 e. The second-order valence-electron chi connectivity index (χ2n) is 3.34. The Bertz CT molecular complexity index is 582. The van der Waals surface area contributed by atoms with Crippen LogP contribution in [0.4, 0.5) is 0 Å². The molecule has 2 rings (SSSR count). The first-order valence-corrected chi connectivity index (χ1v) is 6.62. The van der Waals surface area contributed by atoms with Crippen LogP contribution in [0.5, 0.6) is 0 Å². The van der Waals surface area contributed by atoms with Crippen molar-refractivity contribution in [3.8, 4) is 0 Å². The summed E-state index contributed by atoms with van der Waals surface area (Å²) in [6.07, 6.45) is 1.58. The molecule has 1 heterocycles. The number of hydrogen-bond acceptors (Lipinski definition) is 3. The van der Waals surface area contributed by atoms with Crippen LogP contribution in [0, 0.1) is 0 Å². The van der Waals surface area contributed by atoms with Gasteiger partial charge in [0.25, 0.3) is 5.91 Å². The molecule has 0 bridgehead atoms. The predicted octanol–water partition coefficient (Wildman–Crippen LogP) is 3.82. The number of rotatable bonds is 3. The van der Waals surface area contributed by atoms with E-state index < -0.39 is 0 Å². The van der Waals surface area contributed by atoms with Gasteiger partial charge in [0.05, 0.1) is 16.8 Å². The summed E-state index contributed by atoms with van der Waals surface area (Å²) in [6, 6.07) is 8.48. The maximum absolute atomic E-state index is 11.8. The molecular weight excluding hydrogens is 291 g/mol. The summed E-state index contributed by atoms with van der Waals surface area (Å²) in [4.78, 5) is 12.7. The summed E-state index contributed by atoms with van der Waals surface area (Å²) in [5.74, 6) is -0.371. The molecule has 1 N–H and O–H groups in total. The molecule has 18 heavy (non-hydrogen) atoms. The number of hydrazone groups is 1. The molecular formula is C12H8Cl2N2OS. The van der Waals surface area contributed by atoms with Gasteiger partial charge in [-0.15, -0.1) is 11.3 Å². The zero-order valence-corrected chi connectivity index (χ0v) is 11.4. The highest BCUT2D eigenvalue weighted by molar-refractivity contribution is 7.11. The standard InChI is InChI=1S/C12H8Cl2N2OS/c13-8-3-4-10(11(14)6-8)12(17)16-15-7-9-2-1-5-18-9/h1-7H,(H,16,17)/b15-7+. The number of thiophene rings is 1. The number of halogens is 2. The van der Waals surface area contributed by atoms with E-state index in [1.54, 1.807) is 18.3 Å². The van der Waals surface area contributed by atoms with Crippen LogP contribution >= 0.6 is 34.5 Å². The summed E-state index contributed by atoms with van der Waals surface area (Å²) in [6.45, 7) is 0. The third-order valence-electron chi connectivity index (χ3n) is 2.08. The van der Waals surface area contributed by atoms with Gasteiger partial charge in [-0.3, -0.25) is 4.79 Å². The molecule has 0 aliphatic carbocycles. The number of carbonyl (C=O) groups excluding carboxylic acids is 1. The molecule has 0 saturated heterocycles. The first kappa shape index (κ1) is 13.1. The van der Waals surface area contributed by atoms with E-state index in [4.69, 9.17) is 23.2 Å². The van der Waals surface area contributed by atoms with E-state index in [0.29, 0.717) is 15.6 Å². The van der Waals surface area contributed by atoms with Crippen molar-refractivity contribution >= 4 is 46.7 Å². The first-order chi connectivity index (χ1) is 8.66. The molecule has 0 saturated carbocycles. The Morgan fingerprint density at radius 2 is 2.17 bits per heavy atom. The molecule has 0 aliphatic heterocycles. The average Bonchev–Trinajstić information content (AvgIpc) is 2.81. The fourth-order valence-electron chi connectivity index (χ4n) is 1.25. The fourth-order valence-corrected chi connectivity index (χ4v) is 2.33. The van der Waals surface area contributed by atoms with Gasteiger partial charge in [0.1, 0.15) is 0 Å². The van der Waals surface area contributed by atoms with E-state index in [0.717, 1.165) is 4.88 Å². The van der Waals surface area contributed by atoms with Gasteiger partial charge in [-0.05, 0) is 29.6 Å². The van der Waals surface area contributed by atoms with Crippen LogP contribution in [-0.4, -0.2) is 12.1 Å². The number of nitrogens with one attached hydrogen (secondary N) is 1. The van der Waals surface area contributed by atoms with Crippen LogP contribution < -0.4 is 5.43 Å². The molecule has 0 spiro atoms. The second kappa shape index (κ2) is 6.00. The number of benzene rings is 1. The van der Waals surface area contributed by atoms with E-state index in [2.05, 4.69) is 10.5 Å². The monoisotopic (exact) mass is 298 g/mol. The molecule has 0 fully saturated rings. The Balaban J connectivity index is 2.04. The molecule has 0 unspecified atom stereocenters. The number of nitrogens with zero attached hydrogens (tertiary/aromatic N) is 1. The van der Waals surface area contributed by atoms with Gasteiger partial charge in [-0.2, -0.15) is 5.10 Å². The van der Waals surface area contributed by atoms with Crippen LogP contribution in [0.2, 0.25) is 10.0 Å². The van der Waals surface area contributed by atoms with Crippen LogP contribution in [-0.2, 0) is 0 Å². The normalized spacial score (nSPS) is 10.8. The van der Waals surface area contributed by atoms with Crippen LogP contribution in [0.1, 0.15) is 15.2 Å². The molecule has 3 nitrogen and oxygen atoms in total. The lowest BCUT2D eigenvalue weighted by Crippen LogP contribution is -2.17. The second-order valence-corrected chi connectivity index (χ2v) is 5.16. The van der Waals surface area contributed by atoms with Gasteiger partial charge >= 0.3 is 0 Å². The fraction of sp³-hybridized carbons (Fsp3) is 0. The molecule has 0 radical (unpaired) electrons. The van der Waals surface area contributed by atoms with Gasteiger partial charge in [0, 0.05) is 9.90 Å². The Kier molecular flexibility index (Phi) is 4.36. The lowest BCUT2D eigenvalue weighted by atomic mass is 10.2. The Morgan fingerprint density at radius 1 is 1.33 bits per heavy atom. The van der Waals surface area contributed by atoms with Crippen molar-refractivity contribution in [2.45, 2.75) is 0 Å². The zero-order chi connectivity index (χ0) is 13.0. The Hall–Kier alpha value is -1.36. The van der Waals surface area contributed by atoms with Crippen molar-refractivity contribution in [1.82, 2.24) is 5.43 Å². The van der Waals surface area contributed by atoms with Crippen molar-refractivity contribution in [3.05, 3.63) is 56.2 Å². The molecule has 92 valence electrons. The van der Waals surface area contributed by atoms with E-state index in [-0.39, 0.29) is 5.91 Å².